The maximum atomic E-state index is 12.8. The minimum absolute atomic E-state index is 0.122. The Morgan fingerprint density at radius 2 is 2.04 bits per heavy atom. The molecule has 6 nitrogen and oxygen atoms in total. The minimum atomic E-state index is -0.410. The zero-order chi connectivity index (χ0) is 19.3. The number of aromatic nitrogens is 4. The first-order valence-electron chi connectivity index (χ1n) is 8.98. The lowest BCUT2D eigenvalue weighted by Crippen LogP contribution is -2.32. The summed E-state index contributed by atoms with van der Waals surface area (Å²) in [5, 5.41) is 9.00. The Bertz CT molecular complexity index is 1120. The number of carbonyl (C=O) groups excluding carboxylic acids is 1. The molecule has 0 saturated heterocycles. The number of benzene rings is 1. The normalized spacial score (nSPS) is 18.5. The molecular formula is C20H15Cl2N5O. The van der Waals surface area contributed by atoms with Gasteiger partial charge in [0.2, 0.25) is 5.95 Å². The molecule has 0 saturated carbocycles. The van der Waals surface area contributed by atoms with Crippen LogP contribution in [0.2, 0.25) is 10.0 Å². The molecule has 8 heteroatoms. The van der Waals surface area contributed by atoms with E-state index in [0.29, 0.717) is 33.8 Å². The van der Waals surface area contributed by atoms with Gasteiger partial charge in [-0.2, -0.15) is 4.98 Å². The van der Waals surface area contributed by atoms with Gasteiger partial charge in [-0.3, -0.25) is 9.78 Å². The molecule has 5 rings (SSSR count). The molecule has 3 aromatic rings. The quantitative estimate of drug-likeness (QED) is 0.663. The summed E-state index contributed by atoms with van der Waals surface area (Å²) in [6.07, 6.45) is 3.88. The van der Waals surface area contributed by atoms with E-state index in [2.05, 4.69) is 20.4 Å². The molecule has 1 atom stereocenters. The number of Topliss-reactive ketones (excluding diaryl/α,β-unsaturated/α-hetero) is 1. The second-order valence-electron chi connectivity index (χ2n) is 6.78. The standard InChI is InChI=1S/C20H15Cl2N5O/c21-11-7-8-12(13(22)10-11)19-25-20-24-14-5-3-6-16(28)17(14)18(27(20)26-19)15-4-1-2-9-23-15/h1-2,4,7-10,18H,3,5-6H2,(H,24,25,26). The molecule has 0 bridgehead atoms. The van der Waals surface area contributed by atoms with Gasteiger partial charge < -0.3 is 5.32 Å². The zero-order valence-electron chi connectivity index (χ0n) is 14.7. The summed E-state index contributed by atoms with van der Waals surface area (Å²) < 4.78 is 1.73. The molecule has 1 aliphatic carbocycles. The highest BCUT2D eigenvalue weighted by atomic mass is 35.5. The first-order valence-corrected chi connectivity index (χ1v) is 9.73. The number of hydrogen-bond donors (Lipinski definition) is 1. The molecule has 1 aromatic carbocycles. The SMILES string of the molecule is O=C1CCCC2=C1C(c1ccccn1)n1nc(-c3ccc(Cl)cc3Cl)nc1N2. The van der Waals surface area contributed by atoms with Crippen LogP contribution in [0.1, 0.15) is 31.0 Å². The lowest BCUT2D eigenvalue weighted by atomic mass is 9.87. The van der Waals surface area contributed by atoms with Crippen molar-refractivity contribution < 1.29 is 4.79 Å². The van der Waals surface area contributed by atoms with Gasteiger partial charge in [-0.15, -0.1) is 5.10 Å². The maximum Gasteiger partial charge on any atom is 0.226 e. The van der Waals surface area contributed by atoms with Crippen LogP contribution in [0, 0.1) is 0 Å². The van der Waals surface area contributed by atoms with Gasteiger partial charge in [0.15, 0.2) is 11.6 Å². The second kappa shape index (κ2) is 6.72. The molecule has 1 aliphatic heterocycles. The summed E-state index contributed by atoms with van der Waals surface area (Å²) in [6.45, 7) is 0. The van der Waals surface area contributed by atoms with E-state index < -0.39 is 6.04 Å². The third-order valence-electron chi connectivity index (χ3n) is 5.01. The van der Waals surface area contributed by atoms with Gasteiger partial charge in [-0.05, 0) is 43.2 Å². The number of pyridine rings is 1. The number of nitrogens with one attached hydrogen (secondary N) is 1. The van der Waals surface area contributed by atoms with E-state index in [-0.39, 0.29) is 5.78 Å². The van der Waals surface area contributed by atoms with Crippen molar-refractivity contribution in [3.05, 3.63) is 69.6 Å². The average Bonchev–Trinajstić information content (AvgIpc) is 3.10. The zero-order valence-corrected chi connectivity index (χ0v) is 16.2. The molecular weight excluding hydrogens is 397 g/mol. The van der Waals surface area contributed by atoms with Crippen molar-refractivity contribution in [3.8, 4) is 11.4 Å². The number of allylic oxidation sites excluding steroid dienone is 2. The number of nitrogens with zero attached hydrogens (tertiary/aromatic N) is 4. The number of rotatable bonds is 2. The van der Waals surface area contributed by atoms with Crippen molar-refractivity contribution in [1.29, 1.82) is 0 Å². The van der Waals surface area contributed by atoms with Gasteiger partial charge in [-0.1, -0.05) is 29.3 Å². The fraction of sp³-hybridized carbons (Fsp3) is 0.200. The molecule has 140 valence electrons. The van der Waals surface area contributed by atoms with Crippen molar-refractivity contribution >= 4 is 34.9 Å². The summed E-state index contributed by atoms with van der Waals surface area (Å²) in [7, 11) is 0. The predicted octanol–water partition coefficient (Wildman–Crippen LogP) is 4.67. The Morgan fingerprint density at radius 3 is 2.82 bits per heavy atom. The molecule has 2 aromatic heterocycles. The largest absolute Gasteiger partial charge is 0.328 e. The number of ketones is 1. The van der Waals surface area contributed by atoms with Crippen LogP contribution < -0.4 is 5.32 Å². The van der Waals surface area contributed by atoms with Crippen molar-refractivity contribution in [2.75, 3.05) is 5.32 Å². The number of halogens is 2. The van der Waals surface area contributed by atoms with Crippen LogP contribution >= 0.6 is 23.2 Å². The van der Waals surface area contributed by atoms with E-state index >= 15 is 0 Å². The molecule has 0 radical (unpaired) electrons. The fourth-order valence-corrected chi connectivity index (χ4v) is 4.25. The van der Waals surface area contributed by atoms with Crippen LogP contribution in [0.25, 0.3) is 11.4 Å². The summed E-state index contributed by atoms with van der Waals surface area (Å²) in [4.78, 5) is 21.9. The van der Waals surface area contributed by atoms with Crippen molar-refractivity contribution in [1.82, 2.24) is 19.7 Å². The Labute approximate surface area is 171 Å². The van der Waals surface area contributed by atoms with Crippen molar-refractivity contribution in [2.45, 2.75) is 25.3 Å². The molecule has 1 N–H and O–H groups in total. The van der Waals surface area contributed by atoms with E-state index in [9.17, 15) is 4.79 Å². The molecule has 1 unspecified atom stereocenters. The topological polar surface area (TPSA) is 72.7 Å². The number of carbonyl (C=O) groups is 1. The van der Waals surface area contributed by atoms with Gasteiger partial charge in [-0.25, -0.2) is 4.68 Å². The molecule has 28 heavy (non-hydrogen) atoms. The summed E-state index contributed by atoms with van der Waals surface area (Å²) in [5.74, 6) is 1.17. The fourth-order valence-electron chi connectivity index (χ4n) is 3.75. The van der Waals surface area contributed by atoms with E-state index in [1.165, 1.54) is 0 Å². The molecule has 2 aliphatic rings. The van der Waals surface area contributed by atoms with Gasteiger partial charge in [0.1, 0.15) is 6.04 Å². The molecule has 0 spiro atoms. The first-order chi connectivity index (χ1) is 13.6. The van der Waals surface area contributed by atoms with Crippen molar-refractivity contribution in [2.24, 2.45) is 0 Å². The Morgan fingerprint density at radius 1 is 1.14 bits per heavy atom. The Balaban J connectivity index is 1.68. The van der Waals surface area contributed by atoms with Crippen LogP contribution in [-0.2, 0) is 4.79 Å². The summed E-state index contributed by atoms with van der Waals surface area (Å²) >= 11 is 12.4. The van der Waals surface area contributed by atoms with E-state index in [1.54, 1.807) is 29.1 Å². The third kappa shape index (κ3) is 2.80. The number of hydrogen-bond acceptors (Lipinski definition) is 5. The first kappa shape index (κ1) is 17.4. The minimum Gasteiger partial charge on any atom is -0.328 e. The van der Waals surface area contributed by atoms with Gasteiger partial charge in [0, 0.05) is 34.5 Å². The number of anilines is 1. The van der Waals surface area contributed by atoms with Crippen LogP contribution in [0.5, 0.6) is 0 Å². The highest BCUT2D eigenvalue weighted by Gasteiger charge is 2.37. The Kier molecular flexibility index (Phi) is 4.18. The smallest absolute Gasteiger partial charge is 0.226 e. The lowest BCUT2D eigenvalue weighted by Gasteiger charge is -2.31. The van der Waals surface area contributed by atoms with Crippen LogP contribution in [0.15, 0.2) is 53.9 Å². The van der Waals surface area contributed by atoms with Crippen LogP contribution in [0.4, 0.5) is 5.95 Å². The average molecular weight is 412 g/mol. The number of fused-ring (bicyclic) bond motifs is 1. The monoisotopic (exact) mass is 411 g/mol. The highest BCUT2D eigenvalue weighted by molar-refractivity contribution is 6.36. The lowest BCUT2D eigenvalue weighted by molar-refractivity contribution is -0.116. The van der Waals surface area contributed by atoms with Gasteiger partial charge in [0.05, 0.1) is 10.7 Å². The molecule has 3 heterocycles. The second-order valence-corrected chi connectivity index (χ2v) is 7.62. The van der Waals surface area contributed by atoms with E-state index in [0.717, 1.165) is 29.8 Å². The molecule has 0 fully saturated rings. The van der Waals surface area contributed by atoms with E-state index in [4.69, 9.17) is 23.2 Å². The summed E-state index contributed by atoms with van der Waals surface area (Å²) in [6, 6.07) is 10.5. The third-order valence-corrected chi connectivity index (χ3v) is 5.56. The van der Waals surface area contributed by atoms with Gasteiger partial charge in [0.25, 0.3) is 0 Å². The summed E-state index contributed by atoms with van der Waals surface area (Å²) in [5.41, 5.74) is 3.06. The Hall–Kier alpha value is -2.70. The van der Waals surface area contributed by atoms with Crippen LogP contribution in [0.3, 0.4) is 0 Å². The maximum absolute atomic E-state index is 12.8. The molecule has 0 amide bonds. The highest BCUT2D eigenvalue weighted by Crippen LogP contribution is 2.40. The van der Waals surface area contributed by atoms with Crippen molar-refractivity contribution in [3.63, 3.8) is 0 Å². The van der Waals surface area contributed by atoms with Gasteiger partial charge >= 0.3 is 0 Å². The van der Waals surface area contributed by atoms with Crippen LogP contribution in [-0.4, -0.2) is 25.5 Å². The predicted molar refractivity (Wildman–Crippen MR) is 107 cm³/mol. The van der Waals surface area contributed by atoms with E-state index in [1.807, 2.05) is 18.2 Å².